The summed E-state index contributed by atoms with van der Waals surface area (Å²) in [6.07, 6.45) is 20.3. The Morgan fingerprint density at radius 2 is 1.23 bits per heavy atom. The van der Waals surface area contributed by atoms with Crippen LogP contribution < -0.4 is 5.32 Å². The van der Waals surface area contributed by atoms with Crippen LogP contribution in [0.15, 0.2) is 0 Å². The molecule has 0 aromatic rings. The Kier molecular flexibility index (Phi) is 20.3. The lowest BCUT2D eigenvalue weighted by atomic mass is 10.0. The third kappa shape index (κ3) is 18.2. The second-order valence-electron chi connectivity index (χ2n) is 7.70. The zero-order valence-corrected chi connectivity index (χ0v) is 18.1. The van der Waals surface area contributed by atoms with Gasteiger partial charge in [-0.2, -0.15) is 0 Å². The Morgan fingerprint density at radius 1 is 0.731 bits per heavy atom. The van der Waals surface area contributed by atoms with Crippen LogP contribution in [0.3, 0.4) is 0 Å². The molecule has 0 saturated carbocycles. The van der Waals surface area contributed by atoms with Gasteiger partial charge in [-0.3, -0.25) is 4.79 Å². The van der Waals surface area contributed by atoms with Gasteiger partial charge >= 0.3 is 0 Å². The minimum Gasteiger partial charge on any atom is -0.378 e. The highest BCUT2D eigenvalue weighted by atomic mass is 16.5. The van der Waals surface area contributed by atoms with Crippen molar-refractivity contribution in [3.63, 3.8) is 0 Å². The van der Waals surface area contributed by atoms with Gasteiger partial charge in [0.05, 0.1) is 12.5 Å². The highest BCUT2D eigenvalue weighted by Crippen LogP contribution is 2.13. The lowest BCUT2D eigenvalue weighted by Crippen LogP contribution is -2.29. The van der Waals surface area contributed by atoms with E-state index in [1.165, 1.54) is 77.0 Å². The fraction of sp³-hybridized carbons (Fsp3) is 0.957. The Labute approximate surface area is 164 Å². The van der Waals surface area contributed by atoms with Crippen molar-refractivity contribution in [1.82, 2.24) is 5.32 Å². The molecule has 0 aromatic carbocycles. The second kappa shape index (κ2) is 20.7. The molecular weight excluding hydrogens is 322 g/mol. The molecule has 1 unspecified atom stereocenters. The number of amides is 1. The Balaban J connectivity index is 3.32. The molecule has 26 heavy (non-hydrogen) atoms. The molecule has 0 aliphatic heterocycles. The molecule has 0 saturated heterocycles. The van der Waals surface area contributed by atoms with Crippen LogP contribution in [0, 0.1) is 0 Å². The van der Waals surface area contributed by atoms with Crippen LogP contribution in [-0.2, 0) is 9.53 Å². The first-order valence-electron chi connectivity index (χ1n) is 11.6. The first kappa shape index (κ1) is 25.4. The predicted molar refractivity (Wildman–Crippen MR) is 114 cm³/mol. The summed E-state index contributed by atoms with van der Waals surface area (Å²) in [6, 6.07) is 0. The van der Waals surface area contributed by atoms with Crippen molar-refractivity contribution in [3.8, 4) is 0 Å². The highest BCUT2D eigenvalue weighted by Gasteiger charge is 2.11. The van der Waals surface area contributed by atoms with Crippen molar-refractivity contribution < 1.29 is 9.53 Å². The van der Waals surface area contributed by atoms with Crippen LogP contribution in [0.2, 0.25) is 0 Å². The Bertz CT molecular complexity index is 294. The molecule has 0 aliphatic rings. The predicted octanol–water partition coefficient (Wildman–Crippen LogP) is 6.79. The number of carbonyl (C=O) groups is 1. The van der Waals surface area contributed by atoms with Gasteiger partial charge in [0.25, 0.3) is 0 Å². The topological polar surface area (TPSA) is 38.3 Å². The van der Waals surface area contributed by atoms with Gasteiger partial charge in [-0.05, 0) is 19.3 Å². The Hall–Kier alpha value is -0.570. The van der Waals surface area contributed by atoms with Gasteiger partial charge in [0.1, 0.15) is 0 Å². The SMILES string of the molecule is CCCCCCCCCCCCCCCOC(CC)CC(=O)NCCC. The van der Waals surface area contributed by atoms with E-state index in [0.717, 1.165) is 32.4 Å². The van der Waals surface area contributed by atoms with Crippen LogP contribution >= 0.6 is 0 Å². The fourth-order valence-corrected chi connectivity index (χ4v) is 3.23. The summed E-state index contributed by atoms with van der Waals surface area (Å²) in [4.78, 5) is 11.7. The molecule has 0 aromatic heterocycles. The van der Waals surface area contributed by atoms with E-state index < -0.39 is 0 Å². The maximum Gasteiger partial charge on any atom is 0.222 e. The molecule has 0 fully saturated rings. The van der Waals surface area contributed by atoms with Gasteiger partial charge in [0, 0.05) is 13.2 Å². The largest absolute Gasteiger partial charge is 0.378 e. The average molecular weight is 370 g/mol. The number of hydrogen-bond acceptors (Lipinski definition) is 2. The van der Waals surface area contributed by atoms with Crippen molar-refractivity contribution in [2.24, 2.45) is 0 Å². The average Bonchev–Trinajstić information content (AvgIpc) is 2.65. The zero-order valence-electron chi connectivity index (χ0n) is 18.1. The van der Waals surface area contributed by atoms with Gasteiger partial charge in [0.15, 0.2) is 0 Å². The standard InChI is InChI=1S/C23H47NO2/c1-4-7-8-9-10-11-12-13-14-15-16-17-18-20-26-22(6-3)21-23(25)24-19-5-2/h22H,4-21H2,1-3H3,(H,24,25). The van der Waals surface area contributed by atoms with Crippen molar-refractivity contribution in [1.29, 1.82) is 0 Å². The molecule has 1 N–H and O–H groups in total. The maximum absolute atomic E-state index is 11.7. The lowest BCUT2D eigenvalue weighted by Gasteiger charge is -2.15. The molecule has 0 aliphatic carbocycles. The summed E-state index contributed by atoms with van der Waals surface area (Å²) >= 11 is 0. The second-order valence-corrected chi connectivity index (χ2v) is 7.70. The molecule has 1 atom stereocenters. The van der Waals surface area contributed by atoms with E-state index in [0.29, 0.717) is 6.42 Å². The van der Waals surface area contributed by atoms with Crippen LogP contribution in [0.5, 0.6) is 0 Å². The van der Waals surface area contributed by atoms with Crippen molar-refractivity contribution >= 4 is 5.91 Å². The molecule has 1 amide bonds. The fourth-order valence-electron chi connectivity index (χ4n) is 3.23. The highest BCUT2D eigenvalue weighted by molar-refractivity contribution is 5.76. The molecule has 0 spiro atoms. The number of rotatable bonds is 20. The Morgan fingerprint density at radius 3 is 1.69 bits per heavy atom. The van der Waals surface area contributed by atoms with Crippen molar-refractivity contribution in [3.05, 3.63) is 0 Å². The van der Waals surface area contributed by atoms with Crippen LogP contribution in [-0.4, -0.2) is 25.2 Å². The van der Waals surface area contributed by atoms with E-state index >= 15 is 0 Å². The van der Waals surface area contributed by atoms with Gasteiger partial charge < -0.3 is 10.1 Å². The summed E-state index contributed by atoms with van der Waals surface area (Å²) in [6.45, 7) is 8.02. The van der Waals surface area contributed by atoms with E-state index in [1.807, 2.05) is 0 Å². The molecule has 0 bridgehead atoms. The number of unbranched alkanes of at least 4 members (excludes halogenated alkanes) is 12. The molecule has 0 heterocycles. The normalized spacial score (nSPS) is 12.3. The number of carbonyl (C=O) groups excluding carboxylic acids is 1. The molecule has 0 rings (SSSR count). The summed E-state index contributed by atoms with van der Waals surface area (Å²) in [7, 11) is 0. The van der Waals surface area contributed by atoms with Gasteiger partial charge in [-0.1, -0.05) is 97.8 Å². The molecule has 3 heteroatoms. The van der Waals surface area contributed by atoms with E-state index in [-0.39, 0.29) is 12.0 Å². The lowest BCUT2D eigenvalue weighted by molar-refractivity contribution is -0.124. The summed E-state index contributed by atoms with van der Waals surface area (Å²) in [5.41, 5.74) is 0. The van der Waals surface area contributed by atoms with E-state index in [2.05, 4.69) is 26.1 Å². The maximum atomic E-state index is 11.7. The third-order valence-corrected chi connectivity index (χ3v) is 5.04. The van der Waals surface area contributed by atoms with E-state index in [9.17, 15) is 4.79 Å². The van der Waals surface area contributed by atoms with Gasteiger partial charge in [0.2, 0.25) is 5.91 Å². The van der Waals surface area contributed by atoms with E-state index in [1.54, 1.807) is 0 Å². The quantitative estimate of drug-likeness (QED) is 0.240. The number of nitrogens with one attached hydrogen (secondary N) is 1. The smallest absolute Gasteiger partial charge is 0.222 e. The summed E-state index contributed by atoms with van der Waals surface area (Å²) in [5, 5.41) is 2.93. The molecule has 156 valence electrons. The molecule has 3 nitrogen and oxygen atoms in total. The number of hydrogen-bond donors (Lipinski definition) is 1. The minimum atomic E-state index is 0.0872. The van der Waals surface area contributed by atoms with Crippen LogP contribution in [0.4, 0.5) is 0 Å². The monoisotopic (exact) mass is 369 g/mol. The summed E-state index contributed by atoms with van der Waals surface area (Å²) in [5.74, 6) is 0.129. The van der Waals surface area contributed by atoms with Crippen LogP contribution in [0.25, 0.3) is 0 Å². The van der Waals surface area contributed by atoms with Crippen molar-refractivity contribution in [2.45, 2.75) is 130 Å². The minimum absolute atomic E-state index is 0.0872. The molecular formula is C23H47NO2. The van der Waals surface area contributed by atoms with Gasteiger partial charge in [-0.15, -0.1) is 0 Å². The van der Waals surface area contributed by atoms with Gasteiger partial charge in [-0.25, -0.2) is 0 Å². The number of ether oxygens (including phenoxy) is 1. The first-order chi connectivity index (χ1) is 12.7. The third-order valence-electron chi connectivity index (χ3n) is 5.04. The van der Waals surface area contributed by atoms with Crippen LogP contribution in [0.1, 0.15) is 124 Å². The first-order valence-corrected chi connectivity index (χ1v) is 11.6. The van der Waals surface area contributed by atoms with Crippen molar-refractivity contribution in [2.75, 3.05) is 13.2 Å². The zero-order chi connectivity index (χ0) is 19.3. The molecule has 0 radical (unpaired) electrons. The van der Waals surface area contributed by atoms with E-state index in [4.69, 9.17) is 4.74 Å². The summed E-state index contributed by atoms with van der Waals surface area (Å²) < 4.78 is 5.88.